The van der Waals surface area contributed by atoms with Crippen LogP contribution in [-0.4, -0.2) is 36.9 Å². The Morgan fingerprint density at radius 2 is 2.11 bits per heavy atom. The van der Waals surface area contributed by atoms with E-state index in [0.29, 0.717) is 5.56 Å². The van der Waals surface area contributed by atoms with E-state index in [9.17, 15) is 12.8 Å². The van der Waals surface area contributed by atoms with Crippen molar-refractivity contribution in [3.63, 3.8) is 0 Å². The fraction of sp³-hybridized carbons (Fsp3) is 0.364. The van der Waals surface area contributed by atoms with Gasteiger partial charge in [-0.3, -0.25) is 0 Å². The van der Waals surface area contributed by atoms with Crippen molar-refractivity contribution in [3.05, 3.63) is 29.6 Å². The second-order valence-corrected chi connectivity index (χ2v) is 6.10. The molecule has 1 aromatic rings. The number of hydrogen-bond acceptors (Lipinski definition) is 4. The first-order chi connectivity index (χ1) is 8.71. The number of nitrogens with zero attached hydrogens (tertiary/aromatic N) is 2. The lowest BCUT2D eigenvalue weighted by molar-refractivity contribution is 0.311. The zero-order valence-corrected chi connectivity index (χ0v) is 11.6. The zero-order valence-electron chi connectivity index (χ0n) is 10.8. The second kappa shape index (κ2) is 5.54. The molecule has 0 saturated carbocycles. The molecule has 1 atom stereocenters. The highest BCUT2D eigenvalue weighted by atomic mass is 32.2. The van der Waals surface area contributed by atoms with Gasteiger partial charge in [0.25, 0.3) is 0 Å². The van der Waals surface area contributed by atoms with E-state index >= 15 is 0 Å². The summed E-state index contributed by atoms with van der Waals surface area (Å²) < 4.78 is 38.6. The quantitative estimate of drug-likeness (QED) is 0.372. The van der Waals surface area contributed by atoms with Crippen LogP contribution in [0.2, 0.25) is 0 Å². The molecule has 19 heavy (non-hydrogen) atoms. The lowest BCUT2D eigenvalue weighted by atomic mass is 10.2. The van der Waals surface area contributed by atoms with E-state index in [1.165, 1.54) is 27.0 Å². The van der Waals surface area contributed by atoms with E-state index in [1.54, 1.807) is 0 Å². The molecule has 8 heteroatoms. The Morgan fingerprint density at radius 1 is 1.53 bits per heavy atom. The summed E-state index contributed by atoms with van der Waals surface area (Å²) in [6, 6.07) is 2.58. The van der Waals surface area contributed by atoms with Gasteiger partial charge >= 0.3 is 0 Å². The normalized spacial score (nSPS) is 14.7. The van der Waals surface area contributed by atoms with E-state index in [1.807, 2.05) is 0 Å². The number of likely N-dealkylation sites (N-methyl/N-ethyl adjacent to an activating group) is 1. The van der Waals surface area contributed by atoms with Crippen LogP contribution in [0.3, 0.4) is 0 Å². The molecular weight excluding hydrogens is 273 g/mol. The van der Waals surface area contributed by atoms with Gasteiger partial charge in [-0.1, -0.05) is 5.16 Å². The molecule has 1 aromatic carbocycles. The van der Waals surface area contributed by atoms with E-state index < -0.39 is 21.9 Å². The van der Waals surface area contributed by atoms with Crippen molar-refractivity contribution < 1.29 is 18.0 Å². The molecule has 3 N–H and O–H groups in total. The van der Waals surface area contributed by atoms with Crippen LogP contribution < -0.4 is 5.73 Å². The smallest absolute Gasteiger partial charge is 0.243 e. The molecule has 6 nitrogen and oxygen atoms in total. The van der Waals surface area contributed by atoms with Crippen molar-refractivity contribution in [2.45, 2.75) is 24.8 Å². The maximum Gasteiger partial charge on any atom is 0.243 e. The van der Waals surface area contributed by atoms with Gasteiger partial charge in [0.05, 0.1) is 10.9 Å². The highest BCUT2D eigenvalue weighted by molar-refractivity contribution is 7.89. The predicted molar refractivity (Wildman–Crippen MR) is 69.0 cm³/mol. The Balaban J connectivity index is 3.24. The molecule has 0 bridgehead atoms. The van der Waals surface area contributed by atoms with Crippen molar-refractivity contribution in [3.8, 4) is 0 Å². The topological polar surface area (TPSA) is 96.0 Å². The minimum atomic E-state index is -3.85. The summed E-state index contributed by atoms with van der Waals surface area (Å²) in [5.74, 6) is -0.741. The molecule has 0 aromatic heterocycles. The minimum absolute atomic E-state index is 0.0195. The standard InChI is InChI=1S/C11H16FN3O3S/c1-7-6-9(12)4-5-10(7)19(17,18)15(3)8(2)11(13)14-16/h4-6,8,16H,1-3H3,(H2,13,14). The van der Waals surface area contributed by atoms with Gasteiger partial charge in [-0.2, -0.15) is 4.31 Å². The van der Waals surface area contributed by atoms with Crippen LogP contribution in [0.25, 0.3) is 0 Å². The van der Waals surface area contributed by atoms with Crippen LogP contribution in [-0.2, 0) is 10.0 Å². The van der Waals surface area contributed by atoms with Gasteiger partial charge in [0.1, 0.15) is 5.82 Å². The molecule has 1 unspecified atom stereocenters. The summed E-state index contributed by atoms with van der Waals surface area (Å²) in [6.45, 7) is 2.98. The number of halogens is 1. The molecule has 0 saturated heterocycles. The maximum absolute atomic E-state index is 13.0. The van der Waals surface area contributed by atoms with Crippen LogP contribution >= 0.6 is 0 Å². The van der Waals surface area contributed by atoms with Crippen LogP contribution in [0.15, 0.2) is 28.3 Å². The molecule has 106 valence electrons. The number of hydrogen-bond donors (Lipinski definition) is 2. The first-order valence-corrected chi connectivity index (χ1v) is 6.87. The van der Waals surface area contributed by atoms with Crippen molar-refractivity contribution in [2.75, 3.05) is 7.05 Å². The number of rotatable bonds is 4. The third-order valence-electron chi connectivity index (χ3n) is 2.88. The Labute approximate surface area is 111 Å². The van der Waals surface area contributed by atoms with Gasteiger partial charge in [0.2, 0.25) is 10.0 Å². The number of aryl methyl sites for hydroxylation is 1. The average molecular weight is 289 g/mol. The van der Waals surface area contributed by atoms with E-state index in [0.717, 1.165) is 16.4 Å². The Hall–Kier alpha value is -1.67. The molecular formula is C11H16FN3O3S. The minimum Gasteiger partial charge on any atom is -0.409 e. The van der Waals surface area contributed by atoms with Crippen LogP contribution in [0.5, 0.6) is 0 Å². The first-order valence-electron chi connectivity index (χ1n) is 5.43. The largest absolute Gasteiger partial charge is 0.409 e. The number of amidine groups is 1. The van der Waals surface area contributed by atoms with Gasteiger partial charge in [-0.25, -0.2) is 12.8 Å². The first kappa shape index (κ1) is 15.4. The van der Waals surface area contributed by atoms with Gasteiger partial charge in [0, 0.05) is 7.05 Å². The van der Waals surface area contributed by atoms with E-state index in [-0.39, 0.29) is 10.7 Å². The maximum atomic E-state index is 13.0. The summed E-state index contributed by atoms with van der Waals surface area (Å²) >= 11 is 0. The summed E-state index contributed by atoms with van der Waals surface area (Å²) in [6.07, 6.45) is 0. The summed E-state index contributed by atoms with van der Waals surface area (Å²) in [4.78, 5) is -0.0195. The number of oxime groups is 1. The monoisotopic (exact) mass is 289 g/mol. The fourth-order valence-electron chi connectivity index (χ4n) is 1.54. The Kier molecular flexibility index (Phi) is 4.48. The van der Waals surface area contributed by atoms with Crippen LogP contribution in [0, 0.1) is 12.7 Å². The van der Waals surface area contributed by atoms with Crippen molar-refractivity contribution in [1.29, 1.82) is 0 Å². The van der Waals surface area contributed by atoms with Gasteiger partial charge in [-0.05, 0) is 37.6 Å². The number of benzene rings is 1. The molecule has 0 amide bonds. The van der Waals surface area contributed by atoms with E-state index in [4.69, 9.17) is 10.9 Å². The molecule has 0 aliphatic heterocycles. The Bertz CT molecular complexity index is 601. The third-order valence-corrected chi connectivity index (χ3v) is 4.97. The van der Waals surface area contributed by atoms with Gasteiger partial charge < -0.3 is 10.9 Å². The van der Waals surface area contributed by atoms with Gasteiger partial charge in [0.15, 0.2) is 5.84 Å². The SMILES string of the molecule is Cc1cc(F)ccc1S(=O)(=O)N(C)C(C)C(N)=NO. The highest BCUT2D eigenvalue weighted by Gasteiger charge is 2.29. The fourth-order valence-corrected chi connectivity index (χ4v) is 3.08. The van der Waals surface area contributed by atoms with Gasteiger partial charge in [-0.15, -0.1) is 0 Å². The van der Waals surface area contributed by atoms with Crippen LogP contribution in [0.1, 0.15) is 12.5 Å². The molecule has 0 radical (unpaired) electrons. The summed E-state index contributed by atoms with van der Waals surface area (Å²) in [7, 11) is -2.54. The lowest BCUT2D eigenvalue weighted by Crippen LogP contribution is -2.43. The molecule has 1 rings (SSSR count). The van der Waals surface area contributed by atoms with E-state index in [2.05, 4.69) is 5.16 Å². The molecule has 0 fully saturated rings. The third kappa shape index (κ3) is 3.02. The zero-order chi connectivity index (χ0) is 14.8. The predicted octanol–water partition coefficient (Wildman–Crippen LogP) is 0.890. The number of nitrogens with two attached hydrogens (primary N) is 1. The van der Waals surface area contributed by atoms with Crippen LogP contribution in [0.4, 0.5) is 4.39 Å². The molecule has 0 spiro atoms. The summed E-state index contributed by atoms with van der Waals surface area (Å²) in [5.41, 5.74) is 5.68. The lowest BCUT2D eigenvalue weighted by Gasteiger charge is -2.23. The highest BCUT2D eigenvalue weighted by Crippen LogP contribution is 2.21. The molecule has 0 heterocycles. The van der Waals surface area contributed by atoms with Crippen molar-refractivity contribution in [2.24, 2.45) is 10.9 Å². The molecule has 0 aliphatic carbocycles. The summed E-state index contributed by atoms with van der Waals surface area (Å²) in [5, 5.41) is 11.4. The average Bonchev–Trinajstić information content (AvgIpc) is 2.35. The molecule has 0 aliphatic rings. The van der Waals surface area contributed by atoms with Crippen molar-refractivity contribution in [1.82, 2.24) is 4.31 Å². The van der Waals surface area contributed by atoms with Crippen molar-refractivity contribution >= 4 is 15.9 Å². The second-order valence-electron chi connectivity index (χ2n) is 4.13. The Morgan fingerprint density at radius 3 is 2.58 bits per heavy atom. The number of sulfonamides is 1.